The maximum Gasteiger partial charge on any atom is 0.335 e. The fourth-order valence-electron chi connectivity index (χ4n) is 5.01. The van der Waals surface area contributed by atoms with Crippen LogP contribution in [0.2, 0.25) is 0 Å². The number of nitrogens with zero attached hydrogens (tertiary/aromatic N) is 3. The first-order valence-corrected chi connectivity index (χ1v) is 14.2. The number of aryl methyl sites for hydroxylation is 1. The molecule has 45 heavy (non-hydrogen) atoms. The average Bonchev–Trinajstić information content (AvgIpc) is 3.02. The minimum Gasteiger partial charge on any atom is -0.493 e. The van der Waals surface area contributed by atoms with Crippen LogP contribution in [0.25, 0.3) is 16.6 Å². The molecule has 0 unspecified atom stereocenters. The van der Waals surface area contributed by atoms with Crippen molar-refractivity contribution in [2.24, 2.45) is 0 Å². The molecular weight excluding hydrogens is 583 g/mol. The summed E-state index contributed by atoms with van der Waals surface area (Å²) >= 11 is 0. The van der Waals surface area contributed by atoms with E-state index < -0.39 is 23.0 Å². The van der Waals surface area contributed by atoms with E-state index in [-0.39, 0.29) is 28.8 Å². The number of benzene rings is 3. The largest absolute Gasteiger partial charge is 0.493 e. The first-order chi connectivity index (χ1) is 21.7. The highest BCUT2D eigenvalue weighted by Crippen LogP contribution is 2.48. The van der Waals surface area contributed by atoms with Gasteiger partial charge in [0.2, 0.25) is 5.75 Å². The summed E-state index contributed by atoms with van der Waals surface area (Å²) in [6, 6.07) is 13.6. The highest BCUT2D eigenvalue weighted by molar-refractivity contribution is 6.04. The van der Waals surface area contributed by atoms with E-state index in [2.05, 4.69) is 10.3 Å². The Labute approximate surface area is 256 Å². The fraction of sp³-hybridized carbons (Fsp3) is 0.212. The second kappa shape index (κ2) is 11.8. The maximum absolute atomic E-state index is 15.4. The van der Waals surface area contributed by atoms with Crippen molar-refractivity contribution >= 4 is 22.5 Å². The molecule has 0 spiro atoms. The van der Waals surface area contributed by atoms with Gasteiger partial charge in [-0.3, -0.25) is 19.1 Å². The number of rotatable bonds is 7. The molecule has 0 fully saturated rings. The molecule has 0 saturated carbocycles. The van der Waals surface area contributed by atoms with Crippen LogP contribution in [-0.2, 0) is 0 Å². The van der Waals surface area contributed by atoms with Crippen LogP contribution in [0, 0.1) is 12.7 Å². The van der Waals surface area contributed by atoms with E-state index in [1.165, 1.54) is 36.2 Å². The summed E-state index contributed by atoms with van der Waals surface area (Å²) in [6.45, 7) is 6.05. The van der Waals surface area contributed by atoms with Crippen molar-refractivity contribution < 1.29 is 28.1 Å². The molecule has 5 aromatic rings. The number of pyridine rings is 1. The molecular formula is C33H29FN4O7. The smallest absolute Gasteiger partial charge is 0.335 e. The average molecular weight is 613 g/mol. The summed E-state index contributed by atoms with van der Waals surface area (Å²) in [7, 11) is 1.51. The van der Waals surface area contributed by atoms with Crippen molar-refractivity contribution in [2.45, 2.75) is 26.8 Å². The summed E-state index contributed by atoms with van der Waals surface area (Å²) in [5, 5.41) is 3.05. The molecule has 0 bridgehead atoms. The molecule has 1 amide bonds. The van der Waals surface area contributed by atoms with Crippen LogP contribution in [0.1, 0.15) is 35.8 Å². The maximum atomic E-state index is 15.4. The molecule has 11 nitrogen and oxygen atoms in total. The van der Waals surface area contributed by atoms with Crippen molar-refractivity contribution in [3.63, 3.8) is 0 Å². The zero-order valence-electron chi connectivity index (χ0n) is 24.9. The Morgan fingerprint density at radius 3 is 2.40 bits per heavy atom. The second-order valence-electron chi connectivity index (χ2n) is 10.6. The number of halogens is 1. The number of methoxy groups -OCH3 is 1. The van der Waals surface area contributed by atoms with Crippen molar-refractivity contribution in [3.8, 4) is 34.4 Å². The number of carbonyl (C=O) groups excluding carboxylic acids is 1. The Morgan fingerprint density at radius 2 is 1.71 bits per heavy atom. The number of ether oxygens (including phenoxy) is 4. The number of fused-ring (bicyclic) bond motifs is 3. The molecule has 3 heterocycles. The Morgan fingerprint density at radius 1 is 0.978 bits per heavy atom. The second-order valence-corrected chi connectivity index (χ2v) is 10.6. The van der Waals surface area contributed by atoms with Crippen molar-refractivity contribution in [2.75, 3.05) is 25.6 Å². The topological polar surface area (TPSA) is 123 Å². The Kier molecular flexibility index (Phi) is 7.71. The third-order valence-corrected chi connectivity index (χ3v) is 7.28. The van der Waals surface area contributed by atoms with Gasteiger partial charge in [-0.05, 0) is 51.1 Å². The minimum atomic E-state index is -0.804. The Bertz CT molecular complexity index is 2070. The Hall–Kier alpha value is -5.65. The zero-order chi connectivity index (χ0) is 31.8. The monoisotopic (exact) mass is 612 g/mol. The molecule has 230 valence electrons. The van der Waals surface area contributed by atoms with Crippen LogP contribution < -0.4 is 35.5 Å². The molecule has 3 aromatic carbocycles. The summed E-state index contributed by atoms with van der Waals surface area (Å²) in [5.41, 5.74) is 0.183. The van der Waals surface area contributed by atoms with Crippen molar-refractivity contribution in [1.82, 2.24) is 14.1 Å². The van der Waals surface area contributed by atoms with Gasteiger partial charge in [0, 0.05) is 36.3 Å². The molecule has 1 aliphatic heterocycles. The molecule has 1 N–H and O–H groups in total. The molecule has 12 heteroatoms. The number of aromatic nitrogens is 3. The fourth-order valence-corrected chi connectivity index (χ4v) is 5.01. The normalized spacial score (nSPS) is 12.3. The van der Waals surface area contributed by atoms with Gasteiger partial charge >= 0.3 is 5.69 Å². The lowest BCUT2D eigenvalue weighted by Gasteiger charge is -2.23. The molecule has 0 saturated heterocycles. The molecule has 0 radical (unpaired) electrons. The van der Waals surface area contributed by atoms with Crippen LogP contribution in [0.15, 0.2) is 76.6 Å². The quantitative estimate of drug-likeness (QED) is 0.259. The standard InChI is InChI=1S/C33H29FN4O7/c1-18(2)37-17-22(32(40)38(33(37)41)21-8-5-19(3)6-9-21)31(39)36-20-7-10-25(23(34)15-20)45-26-11-12-35-24-16-27(42-4)29-30(28(24)26)44-14-13-43-29/h5-12,15-18H,13-14H2,1-4H3,(H,36,39). The molecule has 1 aliphatic rings. The molecule has 6 rings (SSSR count). The lowest BCUT2D eigenvalue weighted by molar-refractivity contribution is 0.102. The number of hydrogen-bond donors (Lipinski definition) is 1. The van der Waals surface area contributed by atoms with Gasteiger partial charge in [-0.2, -0.15) is 0 Å². The van der Waals surface area contributed by atoms with Crippen LogP contribution in [0.5, 0.6) is 28.7 Å². The number of anilines is 1. The van der Waals surface area contributed by atoms with Gasteiger partial charge in [-0.15, -0.1) is 0 Å². The van der Waals surface area contributed by atoms with E-state index in [0.29, 0.717) is 47.1 Å². The number of amides is 1. The van der Waals surface area contributed by atoms with Gasteiger partial charge in [-0.25, -0.2) is 13.8 Å². The first-order valence-electron chi connectivity index (χ1n) is 14.2. The molecule has 0 aliphatic carbocycles. The Balaban J connectivity index is 1.31. The predicted octanol–water partition coefficient (Wildman–Crippen LogP) is 5.40. The van der Waals surface area contributed by atoms with Crippen LogP contribution >= 0.6 is 0 Å². The lowest BCUT2D eigenvalue weighted by atomic mass is 10.1. The van der Waals surface area contributed by atoms with Gasteiger partial charge in [-0.1, -0.05) is 17.7 Å². The first kappa shape index (κ1) is 29.4. The van der Waals surface area contributed by atoms with Crippen LogP contribution in [-0.4, -0.2) is 40.3 Å². The zero-order valence-corrected chi connectivity index (χ0v) is 24.9. The predicted molar refractivity (Wildman–Crippen MR) is 165 cm³/mol. The summed E-state index contributed by atoms with van der Waals surface area (Å²) < 4.78 is 40.6. The third-order valence-electron chi connectivity index (χ3n) is 7.28. The van der Waals surface area contributed by atoms with Gasteiger partial charge in [0.25, 0.3) is 11.5 Å². The third kappa shape index (κ3) is 5.46. The van der Waals surface area contributed by atoms with Crippen LogP contribution in [0.4, 0.5) is 10.1 Å². The molecule has 0 atom stereocenters. The van der Waals surface area contributed by atoms with Crippen molar-refractivity contribution in [1.29, 1.82) is 0 Å². The van der Waals surface area contributed by atoms with E-state index in [0.717, 1.165) is 16.2 Å². The number of carbonyl (C=O) groups is 1. The van der Waals surface area contributed by atoms with E-state index in [4.69, 9.17) is 18.9 Å². The van der Waals surface area contributed by atoms with Gasteiger partial charge < -0.3 is 24.3 Å². The van der Waals surface area contributed by atoms with E-state index in [9.17, 15) is 14.4 Å². The van der Waals surface area contributed by atoms with Gasteiger partial charge in [0.15, 0.2) is 23.1 Å². The summed E-state index contributed by atoms with van der Waals surface area (Å²) in [4.78, 5) is 44.3. The highest BCUT2D eigenvalue weighted by Gasteiger charge is 2.25. The number of hydrogen-bond acceptors (Lipinski definition) is 8. The van der Waals surface area contributed by atoms with E-state index >= 15 is 4.39 Å². The van der Waals surface area contributed by atoms with E-state index in [1.54, 1.807) is 50.2 Å². The molecule has 2 aromatic heterocycles. The summed E-state index contributed by atoms with van der Waals surface area (Å²) in [5.74, 6) is -0.213. The van der Waals surface area contributed by atoms with Gasteiger partial charge in [0.05, 0.1) is 23.7 Å². The SMILES string of the molecule is COc1cc2nccc(Oc3ccc(NC(=O)c4cn(C(C)C)c(=O)n(-c5ccc(C)cc5)c4=O)cc3F)c2c2c1OCCO2. The minimum absolute atomic E-state index is 0.0758. The van der Waals surface area contributed by atoms with Gasteiger partial charge in [0.1, 0.15) is 24.5 Å². The van der Waals surface area contributed by atoms with Crippen molar-refractivity contribution in [3.05, 3.63) is 105 Å². The van der Waals surface area contributed by atoms with Crippen LogP contribution in [0.3, 0.4) is 0 Å². The van der Waals surface area contributed by atoms with E-state index in [1.807, 2.05) is 6.92 Å². The number of nitrogens with one attached hydrogen (secondary N) is 1. The highest BCUT2D eigenvalue weighted by atomic mass is 19.1. The summed E-state index contributed by atoms with van der Waals surface area (Å²) in [6.07, 6.45) is 2.73. The lowest BCUT2D eigenvalue weighted by Crippen LogP contribution is -2.42.